The van der Waals surface area contributed by atoms with Gasteiger partial charge in [0.1, 0.15) is 23.4 Å². The average molecular weight is 820 g/mol. The number of hydrogen-bond acceptors (Lipinski definition) is 10. The Labute approximate surface area is 346 Å². The van der Waals surface area contributed by atoms with Gasteiger partial charge in [0.15, 0.2) is 6.04 Å². The first-order valence-electron chi connectivity index (χ1n) is 20.9. The fourth-order valence-electron chi connectivity index (χ4n) is 7.15. The first-order chi connectivity index (χ1) is 28.2. The van der Waals surface area contributed by atoms with Gasteiger partial charge in [-0.3, -0.25) is 24.0 Å². The number of esters is 1. The number of amides is 5. The van der Waals surface area contributed by atoms with Crippen molar-refractivity contribution in [3.8, 4) is 5.75 Å². The third kappa shape index (κ3) is 15.7. The Morgan fingerprint density at radius 3 is 2.19 bits per heavy atom. The number of alkyl carbamates (subject to hydrolysis) is 1. The molecule has 2 aromatic carbocycles. The molecule has 1 aliphatic heterocycles. The van der Waals surface area contributed by atoms with Crippen molar-refractivity contribution in [2.75, 3.05) is 19.8 Å². The van der Waals surface area contributed by atoms with Crippen LogP contribution in [0, 0.1) is 5.92 Å². The van der Waals surface area contributed by atoms with Crippen LogP contribution in [0.1, 0.15) is 115 Å². The Morgan fingerprint density at radius 1 is 0.831 bits per heavy atom. The zero-order chi connectivity index (χ0) is 42.8. The van der Waals surface area contributed by atoms with E-state index in [2.05, 4.69) is 26.6 Å². The minimum Gasteiger partial charge on any atom is -0.494 e. The number of ether oxygens (including phenoxy) is 3. The van der Waals surface area contributed by atoms with E-state index in [0.29, 0.717) is 49.2 Å². The minimum absolute atomic E-state index is 0.0102. The predicted molar refractivity (Wildman–Crippen MR) is 219 cm³/mol. The van der Waals surface area contributed by atoms with E-state index in [4.69, 9.17) is 14.2 Å². The number of fused-ring (bicyclic) bond motifs is 2. The van der Waals surface area contributed by atoms with Gasteiger partial charge >= 0.3 is 12.1 Å². The number of carbonyl (C=O) groups is 7. The SMILES string of the molecule is CCCC(NC(=O)C1Cc2cccc(c2)OCCCCCCOC(=O)N[C@@H](C2CCCCC2)C(=O)N1)C(=O)C(=O)NCC(=O)N[C@H](C(=O)OC(C)(C)C)c1ccccc1. The molecular weight excluding hydrogens is 759 g/mol. The summed E-state index contributed by atoms with van der Waals surface area (Å²) in [5, 5.41) is 13.2. The molecule has 322 valence electrons. The van der Waals surface area contributed by atoms with Crippen LogP contribution >= 0.6 is 0 Å². The maximum atomic E-state index is 14.1. The molecule has 2 unspecified atom stereocenters. The molecule has 5 amide bonds. The summed E-state index contributed by atoms with van der Waals surface area (Å²) in [6, 6.07) is 11.0. The maximum Gasteiger partial charge on any atom is 0.407 e. The van der Waals surface area contributed by atoms with E-state index in [0.717, 1.165) is 38.5 Å². The summed E-state index contributed by atoms with van der Waals surface area (Å²) >= 11 is 0. The molecule has 5 N–H and O–H groups in total. The lowest BCUT2D eigenvalue weighted by atomic mass is 9.83. The number of ketones is 1. The summed E-state index contributed by atoms with van der Waals surface area (Å²) < 4.78 is 16.9. The largest absolute Gasteiger partial charge is 0.494 e. The van der Waals surface area contributed by atoms with Crippen LogP contribution in [-0.4, -0.2) is 85.0 Å². The zero-order valence-corrected chi connectivity index (χ0v) is 34.8. The van der Waals surface area contributed by atoms with Crippen LogP contribution in [0.25, 0.3) is 0 Å². The molecular formula is C44H61N5O10. The highest BCUT2D eigenvalue weighted by molar-refractivity contribution is 6.38. The second-order valence-corrected chi connectivity index (χ2v) is 16.2. The van der Waals surface area contributed by atoms with Crippen LogP contribution in [0.5, 0.6) is 5.75 Å². The average Bonchev–Trinajstić information content (AvgIpc) is 3.21. The highest BCUT2D eigenvalue weighted by Gasteiger charge is 2.36. The van der Waals surface area contributed by atoms with Gasteiger partial charge in [-0.25, -0.2) is 9.59 Å². The predicted octanol–water partition coefficient (Wildman–Crippen LogP) is 4.51. The molecule has 15 heteroatoms. The van der Waals surface area contributed by atoms with Gasteiger partial charge in [-0.1, -0.05) is 75.1 Å². The molecule has 2 aromatic rings. The number of hydrogen-bond donors (Lipinski definition) is 5. The molecule has 59 heavy (non-hydrogen) atoms. The van der Waals surface area contributed by atoms with Crippen molar-refractivity contribution < 1.29 is 47.8 Å². The van der Waals surface area contributed by atoms with Crippen LogP contribution in [-0.2, 0) is 44.7 Å². The van der Waals surface area contributed by atoms with E-state index < -0.39 is 77.8 Å². The quantitative estimate of drug-likeness (QED) is 0.150. The van der Waals surface area contributed by atoms with Gasteiger partial charge in [-0.15, -0.1) is 0 Å². The summed E-state index contributed by atoms with van der Waals surface area (Å²) in [6.07, 6.45) is 7.22. The second-order valence-electron chi connectivity index (χ2n) is 16.2. The van der Waals surface area contributed by atoms with Gasteiger partial charge in [0.25, 0.3) is 5.91 Å². The van der Waals surface area contributed by atoms with Crippen molar-refractivity contribution in [3.63, 3.8) is 0 Å². The highest BCUT2D eigenvalue weighted by Crippen LogP contribution is 2.27. The van der Waals surface area contributed by atoms with Crippen LogP contribution in [0.15, 0.2) is 54.6 Å². The van der Waals surface area contributed by atoms with Gasteiger partial charge in [-0.2, -0.15) is 0 Å². The van der Waals surface area contributed by atoms with E-state index >= 15 is 0 Å². The third-order valence-electron chi connectivity index (χ3n) is 10.1. The first kappa shape index (κ1) is 46.2. The Balaban J connectivity index is 1.50. The van der Waals surface area contributed by atoms with Gasteiger partial charge in [0, 0.05) is 6.42 Å². The lowest BCUT2D eigenvalue weighted by Crippen LogP contribution is -2.59. The zero-order valence-electron chi connectivity index (χ0n) is 34.8. The lowest BCUT2D eigenvalue weighted by molar-refractivity contribution is -0.158. The third-order valence-corrected chi connectivity index (χ3v) is 10.1. The molecule has 2 aliphatic rings. The number of rotatable bonds is 12. The normalized spacial score (nSPS) is 19.7. The van der Waals surface area contributed by atoms with E-state index in [-0.39, 0.29) is 25.4 Å². The smallest absolute Gasteiger partial charge is 0.407 e. The summed E-state index contributed by atoms with van der Waals surface area (Å²) in [5.41, 5.74) is 0.305. The van der Waals surface area contributed by atoms with Crippen molar-refractivity contribution >= 4 is 41.5 Å². The molecule has 1 heterocycles. The van der Waals surface area contributed by atoms with Crippen LogP contribution in [0.3, 0.4) is 0 Å². The van der Waals surface area contributed by atoms with Gasteiger partial charge in [0.05, 0.1) is 25.8 Å². The fraction of sp³-hybridized carbons (Fsp3) is 0.568. The van der Waals surface area contributed by atoms with Crippen LogP contribution in [0.4, 0.5) is 4.79 Å². The number of cyclic esters (lactones) is 1. The lowest BCUT2D eigenvalue weighted by Gasteiger charge is -2.31. The number of nitrogens with one attached hydrogen (secondary N) is 5. The van der Waals surface area contributed by atoms with E-state index in [9.17, 15) is 33.6 Å². The Kier molecular flexibility index (Phi) is 18.2. The topological polar surface area (TPSA) is 207 Å². The van der Waals surface area contributed by atoms with Crippen molar-refractivity contribution in [2.45, 2.75) is 135 Å². The van der Waals surface area contributed by atoms with Gasteiger partial charge < -0.3 is 40.8 Å². The summed E-state index contributed by atoms with van der Waals surface area (Å²) in [4.78, 5) is 94.0. The number of Topliss-reactive ketones (excluding diaryl/α,β-unsaturated/α-hetero) is 1. The number of benzene rings is 2. The first-order valence-corrected chi connectivity index (χ1v) is 20.9. The van der Waals surface area contributed by atoms with Gasteiger partial charge in [-0.05, 0) is 94.9 Å². The molecule has 4 atom stereocenters. The van der Waals surface area contributed by atoms with Crippen LogP contribution in [0.2, 0.25) is 0 Å². The molecule has 1 fully saturated rings. The van der Waals surface area contributed by atoms with E-state index in [1.165, 1.54) is 0 Å². The van der Waals surface area contributed by atoms with Crippen molar-refractivity contribution in [1.29, 1.82) is 0 Å². The molecule has 0 spiro atoms. The summed E-state index contributed by atoms with van der Waals surface area (Å²) in [6.45, 7) is 6.90. The van der Waals surface area contributed by atoms with Crippen molar-refractivity contribution in [1.82, 2.24) is 26.6 Å². The molecule has 0 saturated heterocycles. The minimum atomic E-state index is -1.30. The second kappa shape index (κ2) is 23.2. The molecule has 2 bridgehead atoms. The molecule has 1 aliphatic carbocycles. The fourth-order valence-corrected chi connectivity index (χ4v) is 7.15. The monoisotopic (exact) mass is 819 g/mol. The molecule has 0 radical (unpaired) electrons. The highest BCUT2D eigenvalue weighted by atomic mass is 16.6. The van der Waals surface area contributed by atoms with Crippen molar-refractivity contribution in [2.24, 2.45) is 5.92 Å². The van der Waals surface area contributed by atoms with E-state index in [1.807, 2.05) is 6.07 Å². The van der Waals surface area contributed by atoms with Crippen molar-refractivity contribution in [3.05, 3.63) is 65.7 Å². The summed E-state index contributed by atoms with van der Waals surface area (Å²) in [7, 11) is 0. The van der Waals surface area contributed by atoms with E-state index in [1.54, 1.807) is 76.2 Å². The Morgan fingerprint density at radius 2 is 1.51 bits per heavy atom. The Hall–Kier alpha value is -5.47. The van der Waals surface area contributed by atoms with Crippen LogP contribution < -0.4 is 31.3 Å². The molecule has 0 aromatic heterocycles. The van der Waals surface area contributed by atoms with Gasteiger partial charge in [0.2, 0.25) is 23.5 Å². The Bertz CT molecular complexity index is 1740. The molecule has 15 nitrogen and oxygen atoms in total. The maximum absolute atomic E-state index is 14.1. The summed E-state index contributed by atoms with van der Waals surface area (Å²) in [5.74, 6) is -4.42. The standard InChI is InChI=1S/C44H61N5O10/c1-5-17-33(38(51)41(54)45-28-35(50)48-37(31-21-12-9-13-22-31)42(55)59-44(2,3)4)46-39(52)34-27-29-18-16-23-32(26-29)57-24-14-6-7-15-25-58-43(56)49-36(40(53)47-34)30-19-10-8-11-20-30/h9,12-13,16,18,21-23,26,30,33-34,36-37H,5-8,10-11,14-15,17,19-20,24-25,27-28H2,1-4H3,(H,45,54)(H,46,52)(H,47,53)(H,48,50)(H,49,56)/t33?,34?,36-,37-/m0/s1. The molecule has 1 saturated carbocycles. The number of carbonyl (C=O) groups excluding carboxylic acids is 7. The molecule has 4 rings (SSSR count).